The first kappa shape index (κ1) is 46.6. The largest absolute Gasteiger partial charge is 0.478 e. The molecule has 3 aliphatic heterocycles. The molecule has 0 bridgehead atoms. The number of nitrogens with two attached hydrogens (primary N) is 1. The number of aromatic nitrogens is 4. The number of carbonyl (C=O) groups excluding carboxylic acids is 1. The van der Waals surface area contributed by atoms with Crippen molar-refractivity contribution < 1.29 is 23.5 Å². The van der Waals surface area contributed by atoms with Crippen LogP contribution in [0.5, 0.6) is 0 Å². The van der Waals surface area contributed by atoms with E-state index in [1.807, 2.05) is 24.3 Å². The summed E-state index contributed by atoms with van der Waals surface area (Å²) in [5.41, 5.74) is 9.36. The number of carboxylic acids is 1. The number of hydrogen-bond acceptors (Lipinski definition) is 7. The summed E-state index contributed by atoms with van der Waals surface area (Å²) in [7, 11) is 0. The third-order valence-corrected chi connectivity index (χ3v) is 10.9. The lowest BCUT2D eigenvalue weighted by atomic mass is 10.1. The number of nitrogens with zero attached hydrogens (tertiary/aromatic N) is 4. The molecule has 0 unspecified atom stereocenters. The van der Waals surface area contributed by atoms with E-state index in [9.17, 15) is 28.0 Å². The summed E-state index contributed by atoms with van der Waals surface area (Å²) in [5.74, 6) is 8.64. The highest BCUT2D eigenvalue weighted by Crippen LogP contribution is 2.20. The molecule has 0 atom stereocenters. The molecular weight excluding hydrogens is 950 g/mol. The van der Waals surface area contributed by atoms with Crippen molar-refractivity contribution >= 4 is 71.2 Å². The van der Waals surface area contributed by atoms with E-state index >= 15 is 0 Å². The summed E-state index contributed by atoms with van der Waals surface area (Å²) in [4.78, 5) is 54.1. The van der Waals surface area contributed by atoms with Gasteiger partial charge in [0.15, 0.2) is 0 Å². The predicted molar refractivity (Wildman–Crippen MR) is 251 cm³/mol. The average molecular weight is 991 g/mol. The molecule has 1 fully saturated rings. The topological polar surface area (TPSA) is 162 Å². The molecule has 7 aromatic rings. The second kappa shape index (κ2) is 21.9. The zero-order valence-electron chi connectivity index (χ0n) is 34.2. The standard InChI is InChI=1S/C19H13FN2O.C11H9BrN2O.C8H5F.C7H6BrNO2.C4H7NO/c20-15-4-1-3-13(11-15)6-7-14-8-9-16-17(12-14)21-18-5-2-10-22(18)19(16)23;12-7-3-4-8-9(6-7)13-10-2-1-5-14(10)11(8)15;1-2-7-4-3-5-8(9)6-7;8-4-1-2-5(7(10)11)6(9)3-4;6-4-2-1-3-5-4/h1,3-4,8-9,11-12H,2,5,10H2;3-4,6H,1-2,5H2;1,3-6H;1-3H,9H2,(H,10,11);1-3H2,(H,5,6). The van der Waals surface area contributed by atoms with E-state index in [2.05, 4.69) is 64.9 Å². The zero-order chi connectivity index (χ0) is 45.8. The van der Waals surface area contributed by atoms with Crippen molar-refractivity contribution in [3.05, 3.63) is 178 Å². The molecule has 15 heteroatoms. The predicted octanol–water partition coefficient (Wildman–Crippen LogP) is 8.42. The minimum Gasteiger partial charge on any atom is -0.478 e. The number of hydrogen-bond donors (Lipinski definition) is 3. The van der Waals surface area contributed by atoms with E-state index in [0.29, 0.717) is 27.4 Å². The highest BCUT2D eigenvalue weighted by Gasteiger charge is 2.17. The van der Waals surface area contributed by atoms with Crippen molar-refractivity contribution in [2.24, 2.45) is 0 Å². The Morgan fingerprint density at radius 1 is 0.688 bits per heavy atom. The van der Waals surface area contributed by atoms with Crippen LogP contribution in [0.25, 0.3) is 21.8 Å². The van der Waals surface area contributed by atoms with Crippen molar-refractivity contribution in [3.63, 3.8) is 0 Å². The maximum atomic E-state index is 13.2. The van der Waals surface area contributed by atoms with Gasteiger partial charge in [0.05, 0.1) is 27.4 Å². The molecule has 1 saturated heterocycles. The number of aryl methyl sites for hydroxylation is 2. The number of amides is 1. The number of nitrogens with one attached hydrogen (secondary N) is 1. The Morgan fingerprint density at radius 3 is 1.72 bits per heavy atom. The molecule has 2 aromatic heterocycles. The van der Waals surface area contributed by atoms with Gasteiger partial charge in [0.25, 0.3) is 11.1 Å². The zero-order valence-corrected chi connectivity index (χ0v) is 37.4. The van der Waals surface area contributed by atoms with Crippen molar-refractivity contribution in [3.8, 4) is 24.2 Å². The van der Waals surface area contributed by atoms with E-state index in [4.69, 9.17) is 17.3 Å². The minimum atomic E-state index is -1.00. The molecule has 5 aromatic carbocycles. The Hall–Kier alpha value is -6.94. The maximum Gasteiger partial charge on any atom is 0.337 e. The van der Waals surface area contributed by atoms with Crippen LogP contribution in [0.4, 0.5) is 14.5 Å². The molecule has 4 N–H and O–H groups in total. The lowest BCUT2D eigenvalue weighted by Gasteiger charge is -2.04. The number of halogens is 4. The van der Waals surface area contributed by atoms with Crippen LogP contribution >= 0.6 is 31.9 Å². The highest BCUT2D eigenvalue weighted by molar-refractivity contribution is 9.10. The Morgan fingerprint density at radius 2 is 1.22 bits per heavy atom. The average Bonchev–Trinajstić information content (AvgIpc) is 4.07. The first-order valence-electron chi connectivity index (χ1n) is 20.1. The van der Waals surface area contributed by atoms with Crippen LogP contribution in [0.1, 0.15) is 64.4 Å². The second-order valence-corrected chi connectivity index (χ2v) is 16.3. The number of nitrogen functional groups attached to an aromatic ring is 1. The fourth-order valence-corrected chi connectivity index (χ4v) is 7.53. The number of carboxylic acid groups (broad SMARTS) is 1. The van der Waals surface area contributed by atoms with E-state index in [-0.39, 0.29) is 39.9 Å². The van der Waals surface area contributed by atoms with Gasteiger partial charge in [-0.2, -0.15) is 0 Å². The van der Waals surface area contributed by atoms with Crippen molar-refractivity contribution in [2.75, 3.05) is 12.3 Å². The highest BCUT2D eigenvalue weighted by atomic mass is 79.9. The van der Waals surface area contributed by atoms with Gasteiger partial charge < -0.3 is 16.2 Å². The smallest absolute Gasteiger partial charge is 0.337 e. The van der Waals surface area contributed by atoms with Gasteiger partial charge in [-0.05, 0) is 110 Å². The number of terminal acetylenes is 1. The molecule has 11 nitrogen and oxygen atoms in total. The number of aromatic carboxylic acids is 1. The van der Waals surface area contributed by atoms with Gasteiger partial charge in [-0.25, -0.2) is 23.5 Å². The monoisotopic (exact) mass is 988 g/mol. The fraction of sp³-hybridized carbons (Fsp3) is 0.184. The van der Waals surface area contributed by atoms with Crippen molar-refractivity contribution in [2.45, 2.75) is 51.6 Å². The van der Waals surface area contributed by atoms with E-state index in [1.54, 1.807) is 57.7 Å². The van der Waals surface area contributed by atoms with Gasteiger partial charge in [-0.15, -0.1) is 6.42 Å². The van der Waals surface area contributed by atoms with Gasteiger partial charge in [0, 0.05) is 70.2 Å². The lowest BCUT2D eigenvalue weighted by molar-refractivity contribution is -0.119. The van der Waals surface area contributed by atoms with Crippen LogP contribution in [0, 0.1) is 35.8 Å². The van der Waals surface area contributed by atoms with Gasteiger partial charge >= 0.3 is 5.97 Å². The van der Waals surface area contributed by atoms with E-state index < -0.39 is 5.97 Å². The van der Waals surface area contributed by atoms with Gasteiger partial charge in [0.2, 0.25) is 5.91 Å². The van der Waals surface area contributed by atoms with Crippen LogP contribution < -0.4 is 22.2 Å². The molecule has 5 heterocycles. The number of fused-ring (bicyclic) bond motifs is 4. The fourth-order valence-electron chi connectivity index (χ4n) is 6.80. The van der Waals surface area contributed by atoms with Crippen molar-refractivity contribution in [1.82, 2.24) is 24.4 Å². The third-order valence-electron chi connectivity index (χ3n) is 9.91. The van der Waals surface area contributed by atoms with E-state index in [0.717, 1.165) is 89.8 Å². The summed E-state index contributed by atoms with van der Waals surface area (Å²) in [6.45, 7) is 2.45. The molecule has 3 aliphatic rings. The molecule has 0 aliphatic carbocycles. The van der Waals surface area contributed by atoms with Gasteiger partial charge in [-0.1, -0.05) is 61.8 Å². The third kappa shape index (κ3) is 12.4. The van der Waals surface area contributed by atoms with Crippen LogP contribution in [0.2, 0.25) is 0 Å². The summed E-state index contributed by atoms with van der Waals surface area (Å²) in [5, 5.41) is 12.6. The Balaban J connectivity index is 0.000000143. The quantitative estimate of drug-likeness (QED) is 0.109. The first-order valence-corrected chi connectivity index (χ1v) is 21.7. The van der Waals surface area contributed by atoms with Crippen LogP contribution in [-0.2, 0) is 30.7 Å². The van der Waals surface area contributed by atoms with Crippen molar-refractivity contribution in [1.29, 1.82) is 0 Å². The van der Waals surface area contributed by atoms with Crippen LogP contribution in [0.15, 0.2) is 122 Å². The molecule has 0 radical (unpaired) electrons. The molecule has 324 valence electrons. The summed E-state index contributed by atoms with van der Waals surface area (Å²) in [6.07, 6.45) is 10.5. The number of carbonyl (C=O) groups is 2. The Labute approximate surface area is 383 Å². The first-order chi connectivity index (χ1) is 30.8. The minimum absolute atomic E-state index is 0.0205. The summed E-state index contributed by atoms with van der Waals surface area (Å²) >= 11 is 6.56. The molecular formula is C49H40Br2F2N6O5. The SMILES string of the molecule is C#Cc1cccc(F)c1.Nc1cc(Br)ccc1C(=O)O.O=C1CCCN1.O=c1c2ccc(Br)cc2nc2n1CCC2.O=c1c2ccc(C#Cc3cccc(F)c3)cc2nc2n1CCC2. The van der Waals surface area contributed by atoms with Crippen LogP contribution in [0.3, 0.4) is 0 Å². The van der Waals surface area contributed by atoms with E-state index in [1.165, 1.54) is 30.3 Å². The normalized spacial score (nSPS) is 12.8. The molecule has 0 spiro atoms. The number of benzene rings is 5. The Kier molecular flexibility index (Phi) is 15.9. The summed E-state index contributed by atoms with van der Waals surface area (Å²) in [6, 6.07) is 27.8. The second-order valence-electron chi connectivity index (χ2n) is 14.5. The van der Waals surface area contributed by atoms with Gasteiger partial charge in [0.1, 0.15) is 23.3 Å². The summed E-state index contributed by atoms with van der Waals surface area (Å²) < 4.78 is 30.7. The lowest BCUT2D eigenvalue weighted by Crippen LogP contribution is -2.20. The Bertz CT molecular complexity index is 3110. The molecule has 10 rings (SSSR count). The van der Waals surface area contributed by atoms with Gasteiger partial charge in [-0.3, -0.25) is 23.5 Å². The van der Waals surface area contributed by atoms with Crippen LogP contribution in [-0.4, -0.2) is 42.6 Å². The molecule has 0 saturated carbocycles. The number of rotatable bonds is 1. The molecule has 64 heavy (non-hydrogen) atoms. The number of anilines is 1. The maximum absolute atomic E-state index is 13.2. The molecule has 1 amide bonds.